The number of carbonyl (C=O) groups excluding carboxylic acids is 2. The van der Waals surface area contributed by atoms with Gasteiger partial charge in [0.25, 0.3) is 0 Å². The molecular formula is C23H25NO5. The molecule has 152 valence electrons. The summed E-state index contributed by atoms with van der Waals surface area (Å²) in [6.07, 6.45) is -0.540. The summed E-state index contributed by atoms with van der Waals surface area (Å²) in [5.74, 6) is 6.86. The molecule has 0 aliphatic rings. The zero-order valence-corrected chi connectivity index (χ0v) is 17.3. The predicted molar refractivity (Wildman–Crippen MR) is 111 cm³/mol. The molecule has 1 amide bonds. The van der Waals surface area contributed by atoms with Gasteiger partial charge in [-0.2, -0.15) is 0 Å². The number of carbonyl (C=O) groups is 2. The molecule has 2 aromatic rings. The van der Waals surface area contributed by atoms with E-state index in [9.17, 15) is 9.59 Å². The highest BCUT2D eigenvalue weighted by Gasteiger charge is 2.15. The lowest BCUT2D eigenvalue weighted by Gasteiger charge is -2.19. The molecule has 6 heteroatoms. The van der Waals surface area contributed by atoms with Gasteiger partial charge in [0.1, 0.15) is 17.1 Å². The van der Waals surface area contributed by atoms with Gasteiger partial charge < -0.3 is 19.5 Å². The second kappa shape index (κ2) is 9.65. The number of hydrogen-bond donors (Lipinski definition) is 1. The van der Waals surface area contributed by atoms with E-state index in [-0.39, 0.29) is 12.3 Å². The van der Waals surface area contributed by atoms with Crippen LogP contribution in [-0.4, -0.2) is 38.2 Å². The first kappa shape index (κ1) is 21.8. The number of ether oxygens (including phenoxy) is 3. The maximum Gasteiger partial charge on any atom is 0.408 e. The first-order valence-corrected chi connectivity index (χ1v) is 9.06. The van der Waals surface area contributed by atoms with E-state index < -0.39 is 11.7 Å². The molecule has 0 fully saturated rings. The molecule has 0 unspecified atom stereocenters. The molecule has 29 heavy (non-hydrogen) atoms. The summed E-state index contributed by atoms with van der Waals surface area (Å²) in [4.78, 5) is 24.4. The molecule has 0 bridgehead atoms. The quantitative estimate of drug-likeness (QED) is 0.616. The largest absolute Gasteiger partial charge is 0.497 e. The highest BCUT2D eigenvalue weighted by molar-refractivity contribution is 6.09. The van der Waals surface area contributed by atoms with Crippen LogP contribution in [0.2, 0.25) is 0 Å². The zero-order valence-electron chi connectivity index (χ0n) is 17.3. The Hall–Kier alpha value is -3.46. The SMILES string of the molecule is COc1ccc(C(=O)c2ccc(OC)c(C#CCNC(=O)OC(C)(C)C)c2)cc1. The standard InChI is InChI=1S/C23H25NO5/c1-23(2,3)29-22(26)24-14-6-7-17-15-18(10-13-20(17)28-5)21(25)16-8-11-19(27-4)12-9-16/h8-13,15H,14H2,1-5H3,(H,24,26). The van der Waals surface area contributed by atoms with Crippen LogP contribution in [0.15, 0.2) is 42.5 Å². The van der Waals surface area contributed by atoms with Gasteiger partial charge in [-0.3, -0.25) is 4.79 Å². The van der Waals surface area contributed by atoms with Crippen molar-refractivity contribution in [3.8, 4) is 23.3 Å². The molecule has 0 atom stereocenters. The summed E-state index contributed by atoms with van der Waals surface area (Å²) < 4.78 is 15.6. The lowest BCUT2D eigenvalue weighted by molar-refractivity contribution is 0.0535. The van der Waals surface area contributed by atoms with Crippen molar-refractivity contribution in [2.24, 2.45) is 0 Å². The van der Waals surface area contributed by atoms with Crippen molar-refractivity contribution in [1.29, 1.82) is 0 Å². The van der Waals surface area contributed by atoms with Gasteiger partial charge in [0, 0.05) is 11.1 Å². The fraction of sp³-hybridized carbons (Fsp3) is 0.304. The summed E-state index contributed by atoms with van der Waals surface area (Å²) >= 11 is 0. The minimum atomic E-state index is -0.573. The molecule has 2 aromatic carbocycles. The molecule has 1 N–H and O–H groups in total. The zero-order chi connectivity index (χ0) is 21.4. The Morgan fingerprint density at radius 1 is 0.966 bits per heavy atom. The van der Waals surface area contributed by atoms with E-state index in [0.717, 1.165) is 0 Å². The van der Waals surface area contributed by atoms with Gasteiger partial charge in [-0.25, -0.2) is 4.79 Å². The van der Waals surface area contributed by atoms with Crippen LogP contribution in [-0.2, 0) is 4.74 Å². The smallest absolute Gasteiger partial charge is 0.408 e. The number of methoxy groups -OCH3 is 2. The number of benzene rings is 2. The van der Waals surface area contributed by atoms with Crippen LogP contribution in [0.3, 0.4) is 0 Å². The molecule has 0 saturated carbocycles. The fourth-order valence-corrected chi connectivity index (χ4v) is 2.43. The van der Waals surface area contributed by atoms with E-state index in [1.54, 1.807) is 70.3 Å². The number of nitrogens with one attached hydrogen (secondary N) is 1. The summed E-state index contributed by atoms with van der Waals surface area (Å²) in [5.41, 5.74) is 1.01. The molecule has 0 spiro atoms. The van der Waals surface area contributed by atoms with Crippen LogP contribution in [0, 0.1) is 11.8 Å². The van der Waals surface area contributed by atoms with Gasteiger partial charge in [0.15, 0.2) is 5.78 Å². The molecule has 0 aromatic heterocycles. The Morgan fingerprint density at radius 2 is 1.62 bits per heavy atom. The maximum absolute atomic E-state index is 12.7. The number of amides is 1. The second-order valence-electron chi connectivity index (χ2n) is 7.13. The number of rotatable bonds is 5. The number of hydrogen-bond acceptors (Lipinski definition) is 5. The molecule has 0 aliphatic carbocycles. The lowest BCUT2D eigenvalue weighted by Crippen LogP contribution is -2.32. The van der Waals surface area contributed by atoms with Crippen LogP contribution >= 0.6 is 0 Å². The average Bonchev–Trinajstić information content (AvgIpc) is 2.69. The molecule has 0 aliphatic heterocycles. The normalized spacial score (nSPS) is 10.4. The van der Waals surface area contributed by atoms with Crippen LogP contribution in [0.1, 0.15) is 42.3 Å². The molecular weight excluding hydrogens is 370 g/mol. The van der Waals surface area contributed by atoms with Crippen LogP contribution < -0.4 is 14.8 Å². The first-order valence-electron chi connectivity index (χ1n) is 9.06. The van der Waals surface area contributed by atoms with E-state index in [4.69, 9.17) is 14.2 Å². The highest BCUT2D eigenvalue weighted by atomic mass is 16.6. The van der Waals surface area contributed by atoms with Gasteiger partial charge in [-0.1, -0.05) is 11.8 Å². The van der Waals surface area contributed by atoms with E-state index >= 15 is 0 Å². The Labute approximate surface area is 171 Å². The average molecular weight is 395 g/mol. The molecule has 0 saturated heterocycles. The van der Waals surface area contributed by atoms with Crippen molar-refractivity contribution in [3.63, 3.8) is 0 Å². The van der Waals surface area contributed by atoms with Crippen molar-refractivity contribution < 1.29 is 23.8 Å². The van der Waals surface area contributed by atoms with Gasteiger partial charge in [-0.15, -0.1) is 0 Å². The summed E-state index contributed by atoms with van der Waals surface area (Å²) in [7, 11) is 3.10. The second-order valence-corrected chi connectivity index (χ2v) is 7.13. The van der Waals surface area contributed by atoms with Gasteiger partial charge >= 0.3 is 6.09 Å². The molecule has 2 rings (SSSR count). The van der Waals surface area contributed by atoms with Crippen molar-refractivity contribution >= 4 is 11.9 Å². The fourth-order valence-electron chi connectivity index (χ4n) is 2.43. The third kappa shape index (κ3) is 6.58. The van der Waals surface area contributed by atoms with Crippen molar-refractivity contribution in [2.45, 2.75) is 26.4 Å². The van der Waals surface area contributed by atoms with Crippen molar-refractivity contribution in [2.75, 3.05) is 20.8 Å². The summed E-state index contributed by atoms with van der Waals surface area (Å²) in [5, 5.41) is 2.57. The predicted octanol–water partition coefficient (Wildman–Crippen LogP) is 3.81. The van der Waals surface area contributed by atoms with Crippen LogP contribution in [0.25, 0.3) is 0 Å². The Bertz CT molecular complexity index is 930. The van der Waals surface area contributed by atoms with Gasteiger partial charge in [0.2, 0.25) is 0 Å². The third-order valence-electron chi connectivity index (χ3n) is 3.76. The highest BCUT2D eigenvalue weighted by Crippen LogP contribution is 2.21. The van der Waals surface area contributed by atoms with E-state index in [0.29, 0.717) is 28.2 Å². The summed E-state index contributed by atoms with van der Waals surface area (Å²) in [6.45, 7) is 5.46. The minimum absolute atomic E-state index is 0.106. The Balaban J connectivity index is 2.14. The Kier molecular flexibility index (Phi) is 7.27. The lowest BCUT2D eigenvalue weighted by atomic mass is 10.0. The summed E-state index contributed by atoms with van der Waals surface area (Å²) in [6, 6.07) is 12.0. The monoisotopic (exact) mass is 395 g/mol. The van der Waals surface area contributed by atoms with E-state index in [1.807, 2.05) is 0 Å². The van der Waals surface area contributed by atoms with E-state index in [2.05, 4.69) is 17.2 Å². The maximum atomic E-state index is 12.7. The first-order chi connectivity index (χ1) is 13.7. The topological polar surface area (TPSA) is 73.9 Å². The number of alkyl carbamates (subject to hydrolysis) is 1. The van der Waals surface area contributed by atoms with E-state index in [1.165, 1.54) is 7.11 Å². The minimum Gasteiger partial charge on any atom is -0.497 e. The molecule has 0 heterocycles. The van der Waals surface area contributed by atoms with Crippen molar-refractivity contribution in [3.05, 3.63) is 59.2 Å². The van der Waals surface area contributed by atoms with Crippen LogP contribution in [0.5, 0.6) is 11.5 Å². The van der Waals surface area contributed by atoms with Crippen LogP contribution in [0.4, 0.5) is 4.79 Å². The van der Waals surface area contributed by atoms with Gasteiger partial charge in [0.05, 0.1) is 26.3 Å². The Morgan fingerprint density at radius 3 is 2.21 bits per heavy atom. The molecule has 6 nitrogen and oxygen atoms in total. The van der Waals surface area contributed by atoms with Gasteiger partial charge in [-0.05, 0) is 63.2 Å². The molecule has 0 radical (unpaired) electrons. The van der Waals surface area contributed by atoms with Crippen molar-refractivity contribution in [1.82, 2.24) is 5.32 Å². The third-order valence-corrected chi connectivity index (χ3v) is 3.76. The number of ketones is 1.